The van der Waals surface area contributed by atoms with E-state index in [1.54, 1.807) is 13.0 Å². The van der Waals surface area contributed by atoms with Gasteiger partial charge in [0, 0.05) is 16.9 Å². The Hall–Kier alpha value is -0.420. The number of sulfone groups is 1. The van der Waals surface area contributed by atoms with Gasteiger partial charge in [0.25, 0.3) is 0 Å². The number of pyridine rings is 1. The number of rotatable bonds is 1. The van der Waals surface area contributed by atoms with E-state index in [2.05, 4.69) is 20.9 Å². The van der Waals surface area contributed by atoms with Crippen molar-refractivity contribution in [2.75, 3.05) is 6.26 Å². The predicted molar refractivity (Wildman–Crippen MR) is 49.8 cm³/mol. The molecule has 0 aromatic carbocycles. The monoisotopic (exact) mass is 249 g/mol. The van der Waals surface area contributed by atoms with Crippen LogP contribution in [0.2, 0.25) is 0 Å². The summed E-state index contributed by atoms with van der Waals surface area (Å²) < 4.78 is 23.0. The van der Waals surface area contributed by atoms with Gasteiger partial charge in [-0.3, -0.25) is 0 Å². The first-order chi connectivity index (χ1) is 5.41. The van der Waals surface area contributed by atoms with Crippen LogP contribution >= 0.6 is 15.9 Å². The van der Waals surface area contributed by atoms with Gasteiger partial charge in [0.2, 0.25) is 0 Å². The first kappa shape index (κ1) is 9.67. The Kier molecular flexibility index (Phi) is 2.53. The van der Waals surface area contributed by atoms with Crippen LogP contribution in [0.5, 0.6) is 0 Å². The maximum Gasteiger partial charge on any atom is 0.193 e. The average Bonchev–Trinajstić information content (AvgIpc) is 1.83. The van der Waals surface area contributed by atoms with Crippen LogP contribution in [0.3, 0.4) is 0 Å². The molecule has 0 saturated carbocycles. The highest BCUT2D eigenvalue weighted by Gasteiger charge is 2.11. The molecule has 0 bridgehead atoms. The van der Waals surface area contributed by atoms with Gasteiger partial charge in [0.1, 0.15) is 0 Å². The van der Waals surface area contributed by atoms with Gasteiger partial charge in [-0.2, -0.15) is 0 Å². The Morgan fingerprint density at radius 2 is 2.08 bits per heavy atom. The number of halogens is 1. The number of nitrogens with zero attached hydrogens (tertiary/aromatic N) is 1. The van der Waals surface area contributed by atoms with Gasteiger partial charge in [-0.05, 0) is 34.5 Å². The van der Waals surface area contributed by atoms with E-state index < -0.39 is 9.84 Å². The minimum absolute atomic E-state index is 0.144. The van der Waals surface area contributed by atoms with Gasteiger partial charge in [-0.25, -0.2) is 13.4 Å². The number of hydrogen-bond acceptors (Lipinski definition) is 3. The van der Waals surface area contributed by atoms with E-state index in [1.165, 1.54) is 6.20 Å². The molecule has 0 aliphatic rings. The van der Waals surface area contributed by atoms with E-state index in [0.717, 1.165) is 10.7 Å². The summed E-state index contributed by atoms with van der Waals surface area (Å²) in [6.07, 6.45) is 2.62. The highest BCUT2D eigenvalue weighted by atomic mass is 79.9. The Labute approximate surface area is 79.9 Å². The van der Waals surface area contributed by atoms with Crippen molar-refractivity contribution in [2.45, 2.75) is 11.9 Å². The van der Waals surface area contributed by atoms with Crippen molar-refractivity contribution in [3.63, 3.8) is 0 Å². The average molecular weight is 250 g/mol. The Morgan fingerprint density at radius 1 is 1.50 bits per heavy atom. The van der Waals surface area contributed by atoms with Crippen molar-refractivity contribution >= 4 is 25.8 Å². The lowest BCUT2D eigenvalue weighted by Crippen LogP contribution is -2.02. The van der Waals surface area contributed by atoms with Crippen molar-refractivity contribution in [3.8, 4) is 0 Å². The first-order valence-electron chi connectivity index (χ1n) is 3.23. The zero-order chi connectivity index (χ0) is 9.35. The van der Waals surface area contributed by atoms with Gasteiger partial charge >= 0.3 is 0 Å². The number of aromatic nitrogens is 1. The van der Waals surface area contributed by atoms with Crippen LogP contribution in [-0.4, -0.2) is 19.7 Å². The van der Waals surface area contributed by atoms with Gasteiger partial charge < -0.3 is 0 Å². The molecule has 0 saturated heterocycles. The molecule has 0 N–H and O–H groups in total. The van der Waals surface area contributed by atoms with Gasteiger partial charge in [-0.1, -0.05) is 0 Å². The van der Waals surface area contributed by atoms with Gasteiger partial charge in [-0.15, -0.1) is 0 Å². The largest absolute Gasteiger partial charge is 0.243 e. The predicted octanol–water partition coefficient (Wildman–Crippen LogP) is 1.56. The fourth-order valence-electron chi connectivity index (χ4n) is 0.916. The maximum atomic E-state index is 11.1. The van der Waals surface area contributed by atoms with E-state index in [0.29, 0.717) is 5.56 Å². The summed E-state index contributed by atoms with van der Waals surface area (Å²) in [6, 6.07) is 1.73. The van der Waals surface area contributed by atoms with E-state index >= 15 is 0 Å². The summed E-state index contributed by atoms with van der Waals surface area (Å²) in [4.78, 5) is 3.81. The molecular weight excluding hydrogens is 242 g/mol. The van der Waals surface area contributed by atoms with Gasteiger partial charge in [0.05, 0.1) is 0 Å². The fraction of sp³-hybridized carbons (Fsp3) is 0.286. The van der Waals surface area contributed by atoms with Gasteiger partial charge in [0.15, 0.2) is 14.9 Å². The molecule has 12 heavy (non-hydrogen) atoms. The molecule has 66 valence electrons. The molecule has 0 spiro atoms. The van der Waals surface area contributed by atoms with Crippen LogP contribution in [0.4, 0.5) is 0 Å². The molecule has 1 aromatic rings. The molecule has 0 atom stereocenters. The van der Waals surface area contributed by atoms with Crippen LogP contribution in [-0.2, 0) is 9.84 Å². The lowest BCUT2D eigenvalue weighted by Gasteiger charge is -2.01. The Bertz CT molecular complexity index is 400. The van der Waals surface area contributed by atoms with Crippen molar-refractivity contribution in [3.05, 3.63) is 22.3 Å². The quantitative estimate of drug-likeness (QED) is 0.759. The Morgan fingerprint density at radius 3 is 2.50 bits per heavy atom. The normalized spacial score (nSPS) is 11.6. The second-order valence-electron chi connectivity index (χ2n) is 2.55. The SMILES string of the molecule is Cc1cc(Br)cnc1S(C)(=O)=O. The molecule has 0 radical (unpaired) electrons. The van der Waals surface area contributed by atoms with Crippen molar-refractivity contribution in [1.82, 2.24) is 4.98 Å². The highest BCUT2D eigenvalue weighted by molar-refractivity contribution is 9.10. The molecule has 0 amide bonds. The molecule has 1 aromatic heterocycles. The summed E-state index contributed by atoms with van der Waals surface area (Å²) in [5.41, 5.74) is 0.659. The standard InChI is InChI=1S/C7H8BrNO2S/c1-5-3-6(8)4-9-7(5)12(2,10)11/h3-4H,1-2H3. The third-order valence-electron chi connectivity index (χ3n) is 1.35. The molecule has 0 aliphatic carbocycles. The van der Waals surface area contributed by atoms with E-state index in [9.17, 15) is 8.42 Å². The van der Waals surface area contributed by atoms with Crippen molar-refractivity contribution in [2.24, 2.45) is 0 Å². The van der Waals surface area contributed by atoms with Crippen LogP contribution in [0.1, 0.15) is 5.56 Å². The number of aryl methyl sites for hydroxylation is 1. The minimum atomic E-state index is -3.18. The van der Waals surface area contributed by atoms with Crippen LogP contribution in [0, 0.1) is 6.92 Å². The number of hydrogen-bond donors (Lipinski definition) is 0. The van der Waals surface area contributed by atoms with E-state index in [1.807, 2.05) is 0 Å². The zero-order valence-corrected chi connectivity index (χ0v) is 9.11. The highest BCUT2D eigenvalue weighted by Crippen LogP contribution is 2.16. The zero-order valence-electron chi connectivity index (χ0n) is 6.70. The second-order valence-corrected chi connectivity index (χ2v) is 5.39. The second kappa shape index (κ2) is 3.14. The van der Waals surface area contributed by atoms with Crippen LogP contribution < -0.4 is 0 Å². The van der Waals surface area contributed by atoms with E-state index in [-0.39, 0.29) is 5.03 Å². The molecule has 1 heterocycles. The summed E-state index contributed by atoms with van der Waals surface area (Å²) in [7, 11) is -3.18. The molecule has 0 aliphatic heterocycles. The molecular formula is C7H8BrNO2S. The Balaban J connectivity index is 3.39. The van der Waals surface area contributed by atoms with E-state index in [4.69, 9.17) is 0 Å². The maximum absolute atomic E-state index is 11.1. The van der Waals surface area contributed by atoms with Crippen molar-refractivity contribution < 1.29 is 8.42 Å². The summed E-state index contributed by atoms with van der Waals surface area (Å²) in [5, 5.41) is 0.144. The lowest BCUT2D eigenvalue weighted by molar-refractivity contribution is 0.597. The van der Waals surface area contributed by atoms with Crippen LogP contribution in [0.15, 0.2) is 21.8 Å². The summed E-state index contributed by atoms with van der Waals surface area (Å²) in [6.45, 7) is 1.72. The smallest absolute Gasteiger partial charge is 0.193 e. The molecule has 5 heteroatoms. The molecule has 3 nitrogen and oxygen atoms in total. The third-order valence-corrected chi connectivity index (χ3v) is 2.91. The summed E-state index contributed by atoms with van der Waals surface area (Å²) >= 11 is 3.21. The molecule has 1 rings (SSSR count). The first-order valence-corrected chi connectivity index (χ1v) is 5.92. The minimum Gasteiger partial charge on any atom is -0.243 e. The van der Waals surface area contributed by atoms with Crippen LogP contribution in [0.25, 0.3) is 0 Å². The lowest BCUT2D eigenvalue weighted by atomic mass is 10.3. The fourth-order valence-corrected chi connectivity index (χ4v) is 2.25. The third kappa shape index (κ3) is 2.04. The topological polar surface area (TPSA) is 47.0 Å². The van der Waals surface area contributed by atoms with Crippen molar-refractivity contribution in [1.29, 1.82) is 0 Å². The molecule has 0 fully saturated rings. The summed E-state index contributed by atoms with van der Waals surface area (Å²) in [5.74, 6) is 0. The molecule has 0 unspecified atom stereocenters.